The molecule has 0 bridgehead atoms. The first-order valence-electron chi connectivity index (χ1n) is 16.1. The summed E-state index contributed by atoms with van der Waals surface area (Å²) in [5.74, 6) is -0.258. The van der Waals surface area contributed by atoms with Crippen LogP contribution in [0.2, 0.25) is 0 Å². The third kappa shape index (κ3) is 7.39. The molecule has 0 unspecified atom stereocenters. The van der Waals surface area contributed by atoms with Gasteiger partial charge in [-0.15, -0.1) is 11.3 Å². The summed E-state index contributed by atoms with van der Waals surface area (Å²) in [7, 11) is 0. The maximum Gasteiger partial charge on any atom is 0.254 e. The number of aromatic nitrogens is 2. The van der Waals surface area contributed by atoms with E-state index < -0.39 is 18.1 Å². The van der Waals surface area contributed by atoms with Crippen molar-refractivity contribution in [3.63, 3.8) is 0 Å². The Balaban J connectivity index is 1.27. The Morgan fingerprint density at radius 2 is 2.04 bits per heavy atom. The van der Waals surface area contributed by atoms with Gasteiger partial charge in [0.2, 0.25) is 5.89 Å². The van der Waals surface area contributed by atoms with Crippen LogP contribution in [0.15, 0.2) is 70.8 Å². The van der Waals surface area contributed by atoms with E-state index in [1.807, 2.05) is 47.5 Å². The molecule has 46 heavy (non-hydrogen) atoms. The smallest absolute Gasteiger partial charge is 0.254 e. The van der Waals surface area contributed by atoms with Crippen molar-refractivity contribution < 1.29 is 23.8 Å². The number of hydrogen-bond acceptors (Lipinski definition) is 9. The monoisotopic (exact) mass is 643 g/mol. The van der Waals surface area contributed by atoms with E-state index in [0.29, 0.717) is 49.6 Å². The van der Waals surface area contributed by atoms with Gasteiger partial charge in [-0.05, 0) is 62.8 Å². The molecule has 0 aliphatic carbocycles. The number of aryl methyl sites for hydroxylation is 1. The van der Waals surface area contributed by atoms with E-state index in [4.69, 9.17) is 9.15 Å². The minimum Gasteiger partial charge on any atom is -0.445 e. The minimum absolute atomic E-state index is 0.0152. The molecule has 3 N–H and O–H groups in total. The second-order valence-corrected chi connectivity index (χ2v) is 13.0. The van der Waals surface area contributed by atoms with Gasteiger partial charge in [-0.1, -0.05) is 37.3 Å². The fourth-order valence-corrected chi connectivity index (χ4v) is 7.33. The lowest BCUT2D eigenvalue weighted by Crippen LogP contribution is -2.52. The molecule has 2 aliphatic heterocycles. The first-order valence-corrected chi connectivity index (χ1v) is 16.9. The van der Waals surface area contributed by atoms with Crippen molar-refractivity contribution in [3.8, 4) is 11.5 Å². The number of oxazole rings is 1. The molecule has 0 saturated carbocycles. The summed E-state index contributed by atoms with van der Waals surface area (Å²) < 4.78 is 11.5. The van der Waals surface area contributed by atoms with Gasteiger partial charge in [-0.2, -0.15) is 0 Å². The number of carbonyl (C=O) groups is 2. The van der Waals surface area contributed by atoms with Crippen molar-refractivity contribution >= 4 is 23.2 Å². The van der Waals surface area contributed by atoms with Crippen LogP contribution >= 0.6 is 11.3 Å². The van der Waals surface area contributed by atoms with Crippen molar-refractivity contribution in [1.82, 2.24) is 25.5 Å². The predicted molar refractivity (Wildman–Crippen MR) is 176 cm³/mol. The quantitative estimate of drug-likeness (QED) is 0.198. The fourth-order valence-electron chi connectivity index (χ4n) is 6.39. The van der Waals surface area contributed by atoms with Crippen molar-refractivity contribution in [2.24, 2.45) is 0 Å². The molecule has 0 radical (unpaired) electrons. The van der Waals surface area contributed by atoms with Crippen LogP contribution in [0.1, 0.15) is 75.6 Å². The van der Waals surface area contributed by atoms with Crippen LogP contribution in [0.3, 0.4) is 0 Å². The van der Waals surface area contributed by atoms with E-state index in [1.54, 1.807) is 29.5 Å². The number of nitrogens with zero attached hydrogens (tertiary/aromatic N) is 3. The maximum absolute atomic E-state index is 14.0. The largest absolute Gasteiger partial charge is 0.445 e. The standard InChI is InChI=1S/C35H41N5O5S/c1-3-13-44-27-19-28(37-20-27)31(41)29(15-23-8-5-4-6-9-23)39-32(42)24-16-25(33-36-11-14-45-33)18-26(17-24)35(43)40-12-7-10-30(40)34-38-22(2)21-46-34/h4-6,8-9,11,14,16-18,21,27-31,37,41H,3,7,10,12-13,15,19-20H2,1-2H3,(H,39,42)/t27-,28-,29+,30-,31+/m1/s1. The lowest BCUT2D eigenvalue weighted by molar-refractivity contribution is 0.0514. The molecule has 11 heteroatoms. The predicted octanol–water partition coefficient (Wildman–Crippen LogP) is 4.94. The number of rotatable bonds is 12. The van der Waals surface area contributed by atoms with E-state index in [0.717, 1.165) is 35.5 Å². The van der Waals surface area contributed by atoms with Crippen LogP contribution in [-0.2, 0) is 11.2 Å². The highest BCUT2D eigenvalue weighted by atomic mass is 32.1. The van der Waals surface area contributed by atoms with Gasteiger partial charge >= 0.3 is 0 Å². The zero-order valence-electron chi connectivity index (χ0n) is 26.2. The molecule has 2 fully saturated rings. The Labute approximate surface area is 273 Å². The molecule has 5 atom stereocenters. The van der Waals surface area contributed by atoms with E-state index >= 15 is 0 Å². The van der Waals surface area contributed by atoms with Crippen LogP contribution in [0.25, 0.3) is 11.5 Å². The molecule has 0 spiro atoms. The highest BCUT2D eigenvalue weighted by molar-refractivity contribution is 7.09. The fraction of sp³-hybridized carbons (Fsp3) is 0.429. The Morgan fingerprint density at radius 1 is 1.22 bits per heavy atom. The molecule has 10 nitrogen and oxygen atoms in total. The number of aliphatic hydroxyl groups excluding tert-OH is 1. The number of benzene rings is 2. The maximum atomic E-state index is 14.0. The van der Waals surface area contributed by atoms with Gasteiger partial charge in [0.05, 0.1) is 30.5 Å². The number of carbonyl (C=O) groups excluding carboxylic acids is 2. The van der Waals surface area contributed by atoms with Gasteiger partial charge in [0.25, 0.3) is 11.8 Å². The summed E-state index contributed by atoms with van der Waals surface area (Å²) in [4.78, 5) is 38.9. The molecule has 2 saturated heterocycles. The number of amides is 2. The lowest BCUT2D eigenvalue weighted by Gasteiger charge is -2.29. The second-order valence-electron chi connectivity index (χ2n) is 12.1. The number of hydrogen-bond donors (Lipinski definition) is 3. The van der Waals surface area contributed by atoms with E-state index in [2.05, 4.69) is 27.5 Å². The van der Waals surface area contributed by atoms with Crippen molar-refractivity contribution in [2.45, 2.75) is 76.3 Å². The third-order valence-corrected chi connectivity index (χ3v) is 9.74. The number of aliphatic hydroxyl groups is 1. The third-order valence-electron chi connectivity index (χ3n) is 8.68. The summed E-state index contributed by atoms with van der Waals surface area (Å²) in [5.41, 5.74) is 3.11. The number of thiazole rings is 1. The number of nitrogens with one attached hydrogen (secondary N) is 2. The average molecular weight is 644 g/mol. The summed E-state index contributed by atoms with van der Waals surface area (Å²) in [6, 6.07) is 13.9. The van der Waals surface area contributed by atoms with E-state index in [1.165, 1.54) is 12.5 Å². The van der Waals surface area contributed by atoms with Crippen LogP contribution in [0.5, 0.6) is 0 Å². The first-order chi connectivity index (χ1) is 22.4. The molecule has 4 heterocycles. The van der Waals surface area contributed by atoms with Crippen LogP contribution in [0, 0.1) is 6.92 Å². The number of likely N-dealkylation sites (tertiary alicyclic amines) is 1. The summed E-state index contributed by atoms with van der Waals surface area (Å²) in [6.45, 7) is 5.95. The normalized spacial score (nSPS) is 20.9. The van der Waals surface area contributed by atoms with E-state index in [-0.39, 0.29) is 29.7 Å². The van der Waals surface area contributed by atoms with Gasteiger partial charge in [-0.25, -0.2) is 9.97 Å². The zero-order valence-corrected chi connectivity index (χ0v) is 27.0. The lowest BCUT2D eigenvalue weighted by atomic mass is 9.94. The Kier molecular flexibility index (Phi) is 10.2. The highest BCUT2D eigenvalue weighted by Gasteiger charge is 2.36. The molecule has 2 aromatic heterocycles. The minimum atomic E-state index is -0.873. The summed E-state index contributed by atoms with van der Waals surface area (Å²) >= 11 is 1.57. The van der Waals surface area contributed by atoms with Crippen LogP contribution in [0.4, 0.5) is 0 Å². The van der Waals surface area contributed by atoms with Crippen molar-refractivity contribution in [3.05, 3.63) is 93.8 Å². The topological polar surface area (TPSA) is 130 Å². The zero-order chi connectivity index (χ0) is 32.0. The first kappa shape index (κ1) is 32.1. The Hall–Kier alpha value is -3.90. The van der Waals surface area contributed by atoms with Crippen molar-refractivity contribution in [2.75, 3.05) is 19.7 Å². The number of ether oxygens (including phenoxy) is 1. The van der Waals surface area contributed by atoms with Crippen molar-refractivity contribution in [1.29, 1.82) is 0 Å². The van der Waals surface area contributed by atoms with Gasteiger partial charge in [0.1, 0.15) is 11.3 Å². The molecule has 242 valence electrons. The molecular formula is C35H41N5O5S. The molecule has 4 aromatic rings. The Morgan fingerprint density at radius 3 is 2.78 bits per heavy atom. The molecule has 2 aromatic carbocycles. The van der Waals surface area contributed by atoms with Gasteiger partial charge in [0, 0.05) is 53.5 Å². The summed E-state index contributed by atoms with van der Waals surface area (Å²) in [6.07, 6.45) is 5.85. The van der Waals surface area contributed by atoms with Crippen LogP contribution < -0.4 is 10.6 Å². The highest BCUT2D eigenvalue weighted by Crippen LogP contribution is 2.35. The molecular weight excluding hydrogens is 602 g/mol. The van der Waals surface area contributed by atoms with Crippen LogP contribution in [-0.4, -0.2) is 75.8 Å². The Bertz CT molecular complexity index is 1610. The summed E-state index contributed by atoms with van der Waals surface area (Å²) in [5, 5.41) is 21.0. The SMILES string of the molecule is CCCO[C@H]1CN[C@@H]([C@H](O)[C@H](Cc2ccccc2)NC(=O)c2cc(C(=O)N3CCC[C@@H]3c3nc(C)cs3)cc(-c3ncco3)c2)C1. The molecule has 6 rings (SSSR count). The second kappa shape index (κ2) is 14.7. The van der Waals surface area contributed by atoms with Gasteiger partial charge in [-0.3, -0.25) is 9.59 Å². The molecule has 2 amide bonds. The average Bonchev–Trinajstić information content (AvgIpc) is 3.91. The van der Waals surface area contributed by atoms with E-state index in [9.17, 15) is 14.7 Å². The van der Waals surface area contributed by atoms with Gasteiger partial charge in [0.15, 0.2) is 0 Å². The van der Waals surface area contributed by atoms with Gasteiger partial charge < -0.3 is 29.8 Å². The molecule has 2 aliphatic rings.